The molecule has 0 bridgehead atoms. The number of halogens is 3. The minimum absolute atomic E-state index is 0.328. The van der Waals surface area contributed by atoms with E-state index in [1.54, 1.807) is 0 Å². The number of aryl methyl sites for hydroxylation is 1. The Morgan fingerprint density at radius 3 is 2.59 bits per heavy atom. The minimum atomic E-state index is -4.15. The highest BCUT2D eigenvalue weighted by Gasteiger charge is 2.26. The van der Waals surface area contributed by atoms with E-state index in [2.05, 4.69) is 27.3 Å². The first-order chi connectivity index (χ1) is 10.4. The smallest absolute Gasteiger partial charge is 0.348 e. The molecule has 6 heteroatoms. The highest BCUT2D eigenvalue weighted by atomic mass is 19.4. The van der Waals surface area contributed by atoms with Gasteiger partial charge >= 0.3 is 6.18 Å². The summed E-state index contributed by atoms with van der Waals surface area (Å²) in [5.41, 5.74) is 6.03. The molecule has 2 N–H and O–H groups in total. The second-order valence-electron chi connectivity index (χ2n) is 5.91. The lowest BCUT2D eigenvalue weighted by molar-refractivity contribution is -0.124. The van der Waals surface area contributed by atoms with Gasteiger partial charge in [0.1, 0.15) is 0 Å². The molecule has 3 rings (SSSR count). The number of alkyl halides is 3. The van der Waals surface area contributed by atoms with Crippen molar-refractivity contribution < 1.29 is 13.2 Å². The second-order valence-corrected chi connectivity index (χ2v) is 5.91. The molecule has 0 radical (unpaired) electrons. The number of benzene rings is 1. The molecule has 2 aromatic rings. The van der Waals surface area contributed by atoms with Crippen LogP contribution in [0.5, 0.6) is 0 Å². The molecule has 0 fully saturated rings. The zero-order valence-corrected chi connectivity index (χ0v) is 12.8. The lowest BCUT2D eigenvalue weighted by Gasteiger charge is -2.08. The number of fused-ring (bicyclic) bond motifs is 2. The van der Waals surface area contributed by atoms with Crippen molar-refractivity contribution in [2.24, 2.45) is 7.05 Å². The van der Waals surface area contributed by atoms with Crippen LogP contribution in [0.2, 0.25) is 0 Å². The quantitative estimate of drug-likeness (QED) is 0.850. The summed E-state index contributed by atoms with van der Waals surface area (Å²) in [7, 11) is 2.01. The van der Waals surface area contributed by atoms with Crippen molar-refractivity contribution in [3.8, 4) is 0 Å². The maximum atomic E-state index is 12.2. The van der Waals surface area contributed by atoms with Gasteiger partial charge in [0.2, 0.25) is 0 Å². The first-order valence-corrected chi connectivity index (χ1v) is 7.44. The fraction of sp³-hybridized carbons (Fsp3) is 0.500. The fourth-order valence-electron chi connectivity index (χ4n) is 3.19. The number of nitrogens with zero attached hydrogens (tertiary/aromatic N) is 1. The standard InChI is InChI=1S/C16H20F3N3/c1-10-13(3-4-20-9-16(17,18)19)14-5-11-7-21-8-12(11)6-15(14)22(10)2/h5-6,20-21H,3-4,7-9H2,1-2H3. The van der Waals surface area contributed by atoms with Gasteiger partial charge in [0.05, 0.1) is 6.54 Å². The third kappa shape index (κ3) is 2.85. The van der Waals surface area contributed by atoms with Crippen LogP contribution in [0.15, 0.2) is 12.1 Å². The number of rotatable bonds is 4. The summed E-state index contributed by atoms with van der Waals surface area (Å²) in [5.74, 6) is 0. The van der Waals surface area contributed by atoms with Gasteiger partial charge < -0.3 is 15.2 Å². The average molecular weight is 311 g/mol. The molecule has 0 saturated carbocycles. The lowest BCUT2D eigenvalue weighted by Crippen LogP contribution is -2.30. The number of nitrogens with one attached hydrogen (secondary N) is 2. The maximum Gasteiger partial charge on any atom is 0.401 e. The third-order valence-electron chi connectivity index (χ3n) is 4.45. The number of hydrogen-bond donors (Lipinski definition) is 2. The Balaban J connectivity index is 1.84. The molecule has 1 aromatic carbocycles. The van der Waals surface area contributed by atoms with Crippen LogP contribution in [0.1, 0.15) is 22.4 Å². The first-order valence-electron chi connectivity index (χ1n) is 7.44. The van der Waals surface area contributed by atoms with Crippen molar-refractivity contribution in [1.29, 1.82) is 0 Å². The zero-order valence-electron chi connectivity index (χ0n) is 12.8. The van der Waals surface area contributed by atoms with Crippen LogP contribution >= 0.6 is 0 Å². The Kier molecular flexibility index (Phi) is 3.91. The van der Waals surface area contributed by atoms with Gasteiger partial charge in [0.15, 0.2) is 0 Å². The van der Waals surface area contributed by atoms with Gasteiger partial charge in [-0.2, -0.15) is 13.2 Å². The monoisotopic (exact) mass is 311 g/mol. The molecule has 0 amide bonds. The Bertz CT molecular complexity index is 701. The van der Waals surface area contributed by atoms with E-state index in [1.165, 1.54) is 11.1 Å². The predicted octanol–water partition coefficient (Wildman–Crippen LogP) is 2.78. The molecule has 1 aliphatic rings. The predicted molar refractivity (Wildman–Crippen MR) is 80.8 cm³/mol. The SMILES string of the molecule is Cc1c(CCNCC(F)(F)F)c2cc3c(cc2n1C)CNC3. The lowest BCUT2D eigenvalue weighted by atomic mass is 10.0. The Hall–Kier alpha value is -1.53. The van der Waals surface area contributed by atoms with Crippen LogP contribution in [-0.4, -0.2) is 23.8 Å². The molecule has 0 saturated heterocycles. The van der Waals surface area contributed by atoms with E-state index >= 15 is 0 Å². The first kappa shape index (κ1) is 15.4. The van der Waals surface area contributed by atoms with E-state index < -0.39 is 12.7 Å². The molecule has 0 aliphatic carbocycles. The molecule has 0 atom stereocenters. The summed E-state index contributed by atoms with van der Waals surface area (Å²) in [4.78, 5) is 0. The summed E-state index contributed by atoms with van der Waals surface area (Å²) in [6.07, 6.45) is -3.55. The molecule has 1 aliphatic heterocycles. The van der Waals surface area contributed by atoms with Crippen LogP contribution in [-0.2, 0) is 26.6 Å². The molecule has 22 heavy (non-hydrogen) atoms. The van der Waals surface area contributed by atoms with Crippen LogP contribution in [0.4, 0.5) is 13.2 Å². The molecule has 1 aromatic heterocycles. The third-order valence-corrected chi connectivity index (χ3v) is 4.45. The van der Waals surface area contributed by atoms with Gasteiger partial charge in [0, 0.05) is 36.7 Å². The highest BCUT2D eigenvalue weighted by Crippen LogP contribution is 2.30. The molecule has 120 valence electrons. The Morgan fingerprint density at radius 2 is 1.91 bits per heavy atom. The van der Waals surface area contributed by atoms with E-state index in [9.17, 15) is 13.2 Å². The molecule has 2 heterocycles. The summed E-state index contributed by atoms with van der Waals surface area (Å²) in [6, 6.07) is 4.39. The van der Waals surface area contributed by atoms with Gasteiger partial charge in [-0.05, 0) is 48.7 Å². The van der Waals surface area contributed by atoms with E-state index in [0.29, 0.717) is 13.0 Å². The van der Waals surface area contributed by atoms with E-state index in [4.69, 9.17) is 0 Å². The molecule has 3 nitrogen and oxygen atoms in total. The van der Waals surface area contributed by atoms with Crippen molar-refractivity contribution in [2.45, 2.75) is 32.6 Å². The number of hydrogen-bond acceptors (Lipinski definition) is 2. The summed E-state index contributed by atoms with van der Waals surface area (Å²) in [5, 5.41) is 6.97. The van der Waals surface area contributed by atoms with Crippen molar-refractivity contribution in [3.05, 3.63) is 34.5 Å². The van der Waals surface area contributed by atoms with E-state index in [1.807, 2.05) is 14.0 Å². The maximum absolute atomic E-state index is 12.2. The molecular formula is C16H20F3N3. The van der Waals surface area contributed by atoms with Gasteiger partial charge in [-0.15, -0.1) is 0 Å². The Morgan fingerprint density at radius 1 is 1.23 bits per heavy atom. The van der Waals surface area contributed by atoms with E-state index in [0.717, 1.165) is 35.2 Å². The van der Waals surface area contributed by atoms with Crippen LogP contribution in [0, 0.1) is 6.92 Å². The van der Waals surface area contributed by atoms with Gasteiger partial charge in [0.25, 0.3) is 0 Å². The topological polar surface area (TPSA) is 29.0 Å². The number of aromatic nitrogens is 1. The second kappa shape index (κ2) is 5.59. The van der Waals surface area contributed by atoms with Crippen molar-refractivity contribution in [3.63, 3.8) is 0 Å². The van der Waals surface area contributed by atoms with Gasteiger partial charge in [-0.1, -0.05) is 0 Å². The van der Waals surface area contributed by atoms with Crippen LogP contribution < -0.4 is 10.6 Å². The fourth-order valence-corrected chi connectivity index (χ4v) is 3.19. The molecular weight excluding hydrogens is 291 g/mol. The van der Waals surface area contributed by atoms with Crippen molar-refractivity contribution in [1.82, 2.24) is 15.2 Å². The summed E-state index contributed by atoms with van der Waals surface area (Å²) >= 11 is 0. The minimum Gasteiger partial charge on any atom is -0.348 e. The highest BCUT2D eigenvalue weighted by molar-refractivity contribution is 5.87. The van der Waals surface area contributed by atoms with Gasteiger partial charge in [-0.3, -0.25) is 0 Å². The van der Waals surface area contributed by atoms with Crippen LogP contribution in [0.25, 0.3) is 10.9 Å². The van der Waals surface area contributed by atoms with E-state index in [-0.39, 0.29) is 0 Å². The average Bonchev–Trinajstić information content (AvgIpc) is 2.98. The van der Waals surface area contributed by atoms with Gasteiger partial charge in [-0.25, -0.2) is 0 Å². The summed E-state index contributed by atoms with van der Waals surface area (Å²) < 4.78 is 38.7. The Labute approximate surface area is 127 Å². The van der Waals surface area contributed by atoms with Crippen LogP contribution in [0.3, 0.4) is 0 Å². The normalized spacial score (nSPS) is 14.8. The molecule has 0 unspecified atom stereocenters. The van der Waals surface area contributed by atoms with Crippen molar-refractivity contribution >= 4 is 10.9 Å². The molecule has 0 spiro atoms. The van der Waals surface area contributed by atoms with Crippen molar-refractivity contribution in [2.75, 3.05) is 13.1 Å². The zero-order chi connectivity index (χ0) is 15.9. The summed E-state index contributed by atoms with van der Waals surface area (Å²) in [6.45, 7) is 3.18. The largest absolute Gasteiger partial charge is 0.401 e.